The van der Waals surface area contributed by atoms with E-state index in [-0.39, 0.29) is 12.5 Å². The Morgan fingerprint density at radius 2 is 2.11 bits per heavy atom. The average molecular weight is 266 g/mol. The van der Waals surface area contributed by atoms with E-state index in [1.54, 1.807) is 30.5 Å². The molecule has 0 aliphatic rings. The quantitative estimate of drug-likeness (QED) is 0.865. The number of aromatic nitrogens is 3. The molecule has 94 valence electrons. The van der Waals surface area contributed by atoms with Crippen molar-refractivity contribution in [2.75, 3.05) is 5.32 Å². The molecule has 0 unspecified atom stereocenters. The number of hydrogen-bond acceptors (Lipinski definition) is 4. The zero-order valence-corrected chi connectivity index (χ0v) is 10.3. The van der Waals surface area contributed by atoms with Gasteiger partial charge in [0.25, 0.3) is 0 Å². The summed E-state index contributed by atoms with van der Waals surface area (Å²) in [5.74, 6) is -0.189. The number of anilines is 1. The first kappa shape index (κ1) is 12.5. The van der Waals surface area contributed by atoms with Gasteiger partial charge in [0.15, 0.2) is 0 Å². The van der Waals surface area contributed by atoms with Crippen LogP contribution in [0.4, 0.5) is 5.69 Å². The molecule has 1 amide bonds. The number of hydrogen-bond donors (Lipinski definition) is 2. The van der Waals surface area contributed by atoms with Crippen molar-refractivity contribution in [2.24, 2.45) is 5.73 Å². The lowest BCUT2D eigenvalue weighted by atomic mass is 10.3. The molecule has 0 aliphatic heterocycles. The molecule has 0 fully saturated rings. The predicted octanol–water partition coefficient (Wildman–Crippen LogP) is 1.03. The Labute approximate surface area is 109 Å². The van der Waals surface area contributed by atoms with Gasteiger partial charge in [-0.25, -0.2) is 4.68 Å². The van der Waals surface area contributed by atoms with Gasteiger partial charge in [0, 0.05) is 17.3 Å². The Kier molecular flexibility index (Phi) is 3.91. The van der Waals surface area contributed by atoms with E-state index < -0.39 is 0 Å². The number of rotatable bonds is 4. The van der Waals surface area contributed by atoms with Crippen LogP contribution in [0.3, 0.4) is 0 Å². The van der Waals surface area contributed by atoms with Gasteiger partial charge in [-0.2, -0.15) is 0 Å². The van der Waals surface area contributed by atoms with Gasteiger partial charge in [-0.3, -0.25) is 4.79 Å². The lowest BCUT2D eigenvalue weighted by molar-refractivity contribution is -0.116. The van der Waals surface area contributed by atoms with Crippen LogP contribution in [-0.4, -0.2) is 20.9 Å². The summed E-state index contributed by atoms with van der Waals surface area (Å²) in [7, 11) is 0. The van der Waals surface area contributed by atoms with Crippen LogP contribution in [0.1, 0.15) is 5.69 Å². The molecule has 2 rings (SSSR count). The van der Waals surface area contributed by atoms with E-state index in [2.05, 4.69) is 15.6 Å². The molecule has 18 heavy (non-hydrogen) atoms. The average Bonchev–Trinajstić information content (AvgIpc) is 2.79. The Morgan fingerprint density at radius 1 is 1.39 bits per heavy atom. The second-order valence-electron chi connectivity index (χ2n) is 3.67. The number of nitrogens with one attached hydrogen (secondary N) is 1. The van der Waals surface area contributed by atoms with Crippen molar-refractivity contribution in [3.63, 3.8) is 0 Å². The molecule has 3 N–H and O–H groups in total. The second kappa shape index (κ2) is 5.61. The molecular weight excluding hydrogens is 254 g/mol. The van der Waals surface area contributed by atoms with Gasteiger partial charge >= 0.3 is 0 Å². The van der Waals surface area contributed by atoms with Crippen LogP contribution in [-0.2, 0) is 17.9 Å². The van der Waals surface area contributed by atoms with E-state index in [4.69, 9.17) is 17.3 Å². The Hall–Kier alpha value is -1.92. The number of carbonyl (C=O) groups is 1. The molecule has 2 aromatic rings. The zero-order chi connectivity index (χ0) is 13.0. The zero-order valence-electron chi connectivity index (χ0n) is 9.51. The summed E-state index contributed by atoms with van der Waals surface area (Å²) in [6, 6.07) is 6.87. The van der Waals surface area contributed by atoms with E-state index in [0.717, 1.165) is 0 Å². The molecule has 1 aromatic carbocycles. The van der Waals surface area contributed by atoms with Gasteiger partial charge in [0.1, 0.15) is 6.54 Å². The molecule has 0 radical (unpaired) electrons. The fraction of sp³-hybridized carbons (Fsp3) is 0.182. The lowest BCUT2D eigenvalue weighted by Crippen LogP contribution is -2.19. The Balaban J connectivity index is 1.94. The SMILES string of the molecule is NCc1cn(CC(=O)Nc2ccc(Cl)cc2)nn1. The molecule has 0 bridgehead atoms. The third-order valence-electron chi connectivity index (χ3n) is 2.23. The maximum absolute atomic E-state index is 11.7. The summed E-state index contributed by atoms with van der Waals surface area (Å²) in [5, 5.41) is 10.9. The molecule has 1 aromatic heterocycles. The first-order chi connectivity index (χ1) is 8.67. The highest BCUT2D eigenvalue weighted by Gasteiger charge is 2.05. The molecule has 6 nitrogen and oxygen atoms in total. The summed E-state index contributed by atoms with van der Waals surface area (Å²) < 4.78 is 1.44. The number of nitrogens with two attached hydrogens (primary N) is 1. The van der Waals surface area contributed by atoms with Crippen LogP contribution in [0.2, 0.25) is 5.02 Å². The Morgan fingerprint density at radius 3 is 2.72 bits per heavy atom. The summed E-state index contributed by atoms with van der Waals surface area (Å²) in [4.78, 5) is 11.7. The third-order valence-corrected chi connectivity index (χ3v) is 2.48. The predicted molar refractivity (Wildman–Crippen MR) is 68.0 cm³/mol. The molecule has 0 atom stereocenters. The van der Waals surface area contributed by atoms with Crippen molar-refractivity contribution in [1.29, 1.82) is 0 Å². The van der Waals surface area contributed by atoms with E-state index >= 15 is 0 Å². The smallest absolute Gasteiger partial charge is 0.246 e. The number of halogens is 1. The van der Waals surface area contributed by atoms with E-state index in [1.807, 2.05) is 0 Å². The van der Waals surface area contributed by atoms with E-state index in [0.29, 0.717) is 22.9 Å². The van der Waals surface area contributed by atoms with Crippen LogP contribution in [0.15, 0.2) is 30.5 Å². The van der Waals surface area contributed by atoms with E-state index in [1.165, 1.54) is 4.68 Å². The fourth-order valence-electron chi connectivity index (χ4n) is 1.39. The van der Waals surface area contributed by atoms with Gasteiger partial charge in [0.05, 0.1) is 11.9 Å². The molecule has 0 aliphatic carbocycles. The van der Waals surface area contributed by atoms with Gasteiger partial charge in [-0.05, 0) is 24.3 Å². The van der Waals surface area contributed by atoms with Crippen LogP contribution >= 0.6 is 11.6 Å². The standard InChI is InChI=1S/C11H12ClN5O/c12-8-1-3-9(4-2-8)14-11(18)7-17-6-10(5-13)15-16-17/h1-4,6H,5,7,13H2,(H,14,18). The van der Waals surface area contributed by atoms with Crippen LogP contribution in [0, 0.1) is 0 Å². The summed E-state index contributed by atoms with van der Waals surface area (Å²) in [5.41, 5.74) is 6.73. The molecule has 0 saturated heterocycles. The van der Waals surface area contributed by atoms with E-state index in [9.17, 15) is 4.79 Å². The Bertz CT molecular complexity index is 537. The number of nitrogens with zero attached hydrogens (tertiary/aromatic N) is 3. The number of carbonyl (C=O) groups excluding carboxylic acids is 1. The number of amides is 1. The lowest BCUT2D eigenvalue weighted by Gasteiger charge is -2.04. The normalized spacial score (nSPS) is 10.3. The molecular formula is C11H12ClN5O. The van der Waals surface area contributed by atoms with Crippen molar-refractivity contribution < 1.29 is 4.79 Å². The third kappa shape index (κ3) is 3.28. The van der Waals surface area contributed by atoms with Crippen molar-refractivity contribution in [3.8, 4) is 0 Å². The van der Waals surface area contributed by atoms with Crippen molar-refractivity contribution in [2.45, 2.75) is 13.1 Å². The van der Waals surface area contributed by atoms with Crippen LogP contribution in [0.5, 0.6) is 0 Å². The van der Waals surface area contributed by atoms with Gasteiger partial charge in [-0.15, -0.1) is 5.10 Å². The van der Waals surface area contributed by atoms with Gasteiger partial charge in [0.2, 0.25) is 5.91 Å². The summed E-state index contributed by atoms with van der Waals surface area (Å²) >= 11 is 5.75. The second-order valence-corrected chi connectivity index (χ2v) is 4.10. The minimum absolute atomic E-state index is 0.0929. The summed E-state index contributed by atoms with van der Waals surface area (Å²) in [6.45, 7) is 0.397. The van der Waals surface area contributed by atoms with Gasteiger partial charge in [-0.1, -0.05) is 16.8 Å². The monoisotopic (exact) mass is 265 g/mol. The highest BCUT2D eigenvalue weighted by molar-refractivity contribution is 6.30. The molecule has 1 heterocycles. The topological polar surface area (TPSA) is 85.8 Å². The summed E-state index contributed by atoms with van der Waals surface area (Å²) in [6.07, 6.45) is 1.64. The van der Waals surface area contributed by atoms with Crippen molar-refractivity contribution in [1.82, 2.24) is 15.0 Å². The first-order valence-electron chi connectivity index (χ1n) is 5.32. The van der Waals surface area contributed by atoms with Gasteiger partial charge < -0.3 is 11.1 Å². The first-order valence-corrected chi connectivity index (χ1v) is 5.69. The fourth-order valence-corrected chi connectivity index (χ4v) is 1.52. The molecule has 7 heteroatoms. The van der Waals surface area contributed by atoms with Crippen molar-refractivity contribution in [3.05, 3.63) is 41.2 Å². The maximum atomic E-state index is 11.7. The van der Waals surface area contributed by atoms with Crippen LogP contribution in [0.25, 0.3) is 0 Å². The van der Waals surface area contributed by atoms with Crippen molar-refractivity contribution >= 4 is 23.2 Å². The maximum Gasteiger partial charge on any atom is 0.246 e. The number of benzene rings is 1. The minimum atomic E-state index is -0.189. The molecule has 0 saturated carbocycles. The highest BCUT2D eigenvalue weighted by Crippen LogP contribution is 2.13. The minimum Gasteiger partial charge on any atom is -0.325 e. The molecule has 0 spiro atoms. The largest absolute Gasteiger partial charge is 0.325 e. The van der Waals surface area contributed by atoms with Crippen LogP contribution < -0.4 is 11.1 Å². The highest BCUT2D eigenvalue weighted by atomic mass is 35.5.